The molecule has 4 aromatic carbocycles. The van der Waals surface area contributed by atoms with Gasteiger partial charge in [0.25, 0.3) is 5.79 Å². The van der Waals surface area contributed by atoms with Gasteiger partial charge in [0.15, 0.2) is 0 Å². The molecule has 0 N–H and O–H groups in total. The van der Waals surface area contributed by atoms with Crippen molar-refractivity contribution in [1.29, 1.82) is 0 Å². The molecule has 1 amide bonds. The van der Waals surface area contributed by atoms with E-state index in [-0.39, 0.29) is 12.5 Å². The fraction of sp³-hybridized carbons (Fsp3) is 0.348. The molecule has 1 atom stereocenters. The molecule has 1 unspecified atom stereocenters. The van der Waals surface area contributed by atoms with Crippen molar-refractivity contribution in [3.05, 3.63) is 146 Å². The zero-order valence-electron chi connectivity index (χ0n) is 32.5. The second-order valence-corrected chi connectivity index (χ2v) is 15.5. The van der Waals surface area contributed by atoms with E-state index in [1.165, 1.54) is 16.7 Å². The summed E-state index contributed by atoms with van der Waals surface area (Å²) in [5.74, 6) is 0.828. The Bertz CT molecular complexity index is 2010. The largest absolute Gasteiger partial charge is 0.493 e. The molecule has 0 spiro atoms. The molecule has 0 bridgehead atoms. The smallest absolute Gasteiger partial charge is 0.251 e. The van der Waals surface area contributed by atoms with Gasteiger partial charge in [0.1, 0.15) is 11.5 Å². The minimum Gasteiger partial charge on any atom is -0.493 e. The fourth-order valence-corrected chi connectivity index (χ4v) is 7.27. The second kappa shape index (κ2) is 18.5. The summed E-state index contributed by atoms with van der Waals surface area (Å²) in [7, 11) is 0. The first-order valence-corrected chi connectivity index (χ1v) is 19.8. The molecule has 0 radical (unpaired) electrons. The number of amides is 1. The van der Waals surface area contributed by atoms with Gasteiger partial charge < -0.3 is 19.1 Å². The maximum absolute atomic E-state index is 13.7. The molecule has 2 aliphatic rings. The Kier molecular flexibility index (Phi) is 13.5. The van der Waals surface area contributed by atoms with Gasteiger partial charge in [0, 0.05) is 62.4 Å². The zero-order chi connectivity index (χ0) is 39.0. The van der Waals surface area contributed by atoms with Crippen molar-refractivity contribution < 1.29 is 19.0 Å². The van der Waals surface area contributed by atoms with Crippen LogP contribution in [0.1, 0.15) is 73.4 Å². The zero-order valence-corrected chi connectivity index (χ0v) is 34.0. The predicted molar refractivity (Wildman–Crippen MR) is 224 cm³/mol. The highest BCUT2D eigenvalue weighted by molar-refractivity contribution is 6.32. The van der Waals surface area contributed by atoms with Crippen LogP contribution in [-0.4, -0.2) is 60.5 Å². The minimum atomic E-state index is -1.15. The number of benzene rings is 4. The van der Waals surface area contributed by atoms with Crippen LogP contribution in [0.15, 0.2) is 108 Å². The number of piperazine rings is 1. The van der Waals surface area contributed by atoms with Crippen LogP contribution >= 0.6 is 23.2 Å². The van der Waals surface area contributed by atoms with Crippen molar-refractivity contribution >= 4 is 40.9 Å². The Balaban J connectivity index is 1.01. The first-order chi connectivity index (χ1) is 26.5. The summed E-state index contributed by atoms with van der Waals surface area (Å²) in [6.45, 7) is 14.9. The molecule has 7 nitrogen and oxygen atoms in total. The third-order valence-corrected chi connectivity index (χ3v) is 11.1. The third-order valence-electron chi connectivity index (χ3n) is 10.4. The van der Waals surface area contributed by atoms with Crippen LogP contribution in [0.3, 0.4) is 0 Å². The lowest BCUT2D eigenvalue weighted by molar-refractivity contribution is -0.134. The van der Waals surface area contributed by atoms with Crippen LogP contribution in [0, 0.1) is 6.92 Å². The van der Waals surface area contributed by atoms with Crippen LogP contribution in [-0.2, 0) is 29.1 Å². The SMILES string of the molecule is C/C(C(=O)N1CCN(Cc2ccc(CCOc3ccc(C(C)C)cc3)cc2)CC1)=C(/C)c1cc(C)c(OC2(OCc3ccccc3Cl)C=NC=CC2)c(Cl)c1. The number of nitrogens with zero attached hydrogens (tertiary/aromatic N) is 3. The third kappa shape index (κ3) is 10.5. The molecule has 0 aliphatic carbocycles. The summed E-state index contributed by atoms with van der Waals surface area (Å²) in [4.78, 5) is 22.4. The number of carbonyl (C=O) groups is 1. The summed E-state index contributed by atoms with van der Waals surface area (Å²) in [5, 5.41) is 1.05. The standard InChI is InChI=1S/C46H51Cl2N3O4/c1-32(2)38-15-17-41(18-16-38)53-26-19-36-11-13-37(14-12-36)29-50-22-24-51(25-23-50)45(52)35(5)34(4)40-27-33(3)44(43(48)28-40)55-46(20-8-21-49-31-46)54-30-39-9-6-7-10-42(39)47/h6-18,21,27-28,31-32H,19-20,22-26,29-30H2,1-5H3/b35-34+. The highest BCUT2D eigenvalue weighted by Gasteiger charge is 2.34. The first-order valence-electron chi connectivity index (χ1n) is 19.1. The van der Waals surface area contributed by atoms with Gasteiger partial charge in [-0.1, -0.05) is 97.7 Å². The molecule has 1 fully saturated rings. The van der Waals surface area contributed by atoms with Crippen molar-refractivity contribution in [3.63, 3.8) is 0 Å². The van der Waals surface area contributed by atoms with Gasteiger partial charge in [-0.3, -0.25) is 14.7 Å². The van der Waals surface area contributed by atoms with Crippen molar-refractivity contribution in [3.8, 4) is 11.5 Å². The van der Waals surface area contributed by atoms with Crippen LogP contribution in [0.25, 0.3) is 5.57 Å². The Morgan fingerprint density at radius 3 is 2.25 bits per heavy atom. The Hall–Kier alpha value is -4.40. The van der Waals surface area contributed by atoms with E-state index < -0.39 is 5.79 Å². The number of ether oxygens (including phenoxy) is 3. The quantitative estimate of drug-likeness (QED) is 0.0942. The molecule has 2 aliphatic heterocycles. The van der Waals surface area contributed by atoms with Crippen molar-refractivity contribution in [2.45, 2.75) is 72.3 Å². The van der Waals surface area contributed by atoms with E-state index in [9.17, 15) is 4.79 Å². The lowest BCUT2D eigenvalue weighted by Crippen LogP contribution is -2.48. The van der Waals surface area contributed by atoms with Gasteiger partial charge >= 0.3 is 0 Å². The number of hydrogen-bond donors (Lipinski definition) is 0. The molecule has 1 saturated heterocycles. The predicted octanol–water partition coefficient (Wildman–Crippen LogP) is 10.5. The minimum absolute atomic E-state index is 0.0471. The highest BCUT2D eigenvalue weighted by atomic mass is 35.5. The first kappa shape index (κ1) is 40.3. The van der Waals surface area contributed by atoms with Gasteiger partial charge in [-0.15, -0.1) is 0 Å². The van der Waals surface area contributed by atoms with E-state index in [4.69, 9.17) is 37.4 Å². The number of rotatable bonds is 14. The number of halogens is 2. The molecule has 0 aromatic heterocycles. The van der Waals surface area contributed by atoms with Crippen molar-refractivity contribution in [2.75, 3.05) is 32.8 Å². The lowest BCUT2D eigenvalue weighted by atomic mass is 9.99. The summed E-state index contributed by atoms with van der Waals surface area (Å²) in [6, 6.07) is 28.6. The molecule has 0 saturated carbocycles. The Labute approximate surface area is 336 Å². The highest BCUT2D eigenvalue weighted by Crippen LogP contribution is 2.37. The summed E-state index contributed by atoms with van der Waals surface area (Å²) in [6.07, 6.45) is 6.59. The van der Waals surface area contributed by atoms with Crippen molar-refractivity contribution in [2.24, 2.45) is 4.99 Å². The molecule has 4 aromatic rings. The number of hydrogen-bond acceptors (Lipinski definition) is 6. The molecule has 288 valence electrons. The Morgan fingerprint density at radius 1 is 0.891 bits per heavy atom. The monoisotopic (exact) mass is 779 g/mol. The van der Waals surface area contributed by atoms with Gasteiger partial charge in [0.2, 0.25) is 5.91 Å². The van der Waals surface area contributed by atoms with E-state index in [0.29, 0.717) is 53.4 Å². The number of aliphatic imine (C=N–C) groups is 1. The number of carbonyl (C=O) groups excluding carboxylic acids is 1. The molecular weight excluding hydrogens is 729 g/mol. The summed E-state index contributed by atoms with van der Waals surface area (Å²) >= 11 is 13.3. The molecular formula is C46H51Cl2N3O4. The molecule has 9 heteroatoms. The van der Waals surface area contributed by atoms with Gasteiger partial charge in [-0.25, -0.2) is 0 Å². The maximum atomic E-state index is 13.7. The topological polar surface area (TPSA) is 63.6 Å². The van der Waals surface area contributed by atoms with Crippen molar-refractivity contribution in [1.82, 2.24) is 9.80 Å². The maximum Gasteiger partial charge on any atom is 0.251 e. The number of allylic oxidation sites excluding steroid dienone is 1. The van der Waals surface area contributed by atoms with E-state index in [1.54, 1.807) is 12.4 Å². The van der Waals surface area contributed by atoms with Crippen LogP contribution in [0.4, 0.5) is 0 Å². The van der Waals surface area contributed by atoms with E-state index >= 15 is 0 Å². The van der Waals surface area contributed by atoms with Gasteiger partial charge in [-0.05, 0) is 96.0 Å². The molecule has 55 heavy (non-hydrogen) atoms. The second-order valence-electron chi connectivity index (χ2n) is 14.7. The summed E-state index contributed by atoms with van der Waals surface area (Å²) < 4.78 is 18.8. The van der Waals surface area contributed by atoms with Gasteiger partial charge in [-0.2, -0.15) is 0 Å². The Morgan fingerprint density at radius 2 is 1.60 bits per heavy atom. The molecule has 6 rings (SSSR count). The lowest BCUT2D eigenvalue weighted by Gasteiger charge is -2.35. The van der Waals surface area contributed by atoms with Crippen LogP contribution in [0.2, 0.25) is 10.0 Å². The van der Waals surface area contributed by atoms with E-state index in [1.807, 2.05) is 68.1 Å². The van der Waals surface area contributed by atoms with Crippen LogP contribution < -0.4 is 9.47 Å². The average molecular weight is 781 g/mol. The van der Waals surface area contributed by atoms with Gasteiger partial charge in [0.05, 0.1) is 24.5 Å². The summed E-state index contributed by atoms with van der Waals surface area (Å²) in [5.41, 5.74) is 7.98. The number of aryl methyl sites for hydroxylation is 1. The molecule has 2 heterocycles. The normalized spacial score (nSPS) is 17.7. The van der Waals surface area contributed by atoms with E-state index in [2.05, 4.69) is 72.3 Å². The fourth-order valence-electron chi connectivity index (χ4n) is 6.77. The van der Waals surface area contributed by atoms with E-state index in [0.717, 1.165) is 54.1 Å². The average Bonchev–Trinajstić information content (AvgIpc) is 3.19. The van der Waals surface area contributed by atoms with Crippen LogP contribution in [0.5, 0.6) is 11.5 Å².